The van der Waals surface area contributed by atoms with Gasteiger partial charge in [0.05, 0.1) is 55.2 Å². The van der Waals surface area contributed by atoms with Crippen molar-refractivity contribution in [1.82, 2.24) is 9.97 Å². The Morgan fingerprint density at radius 3 is 2.40 bits per heavy atom. The normalized spacial score (nSPS) is 16.4. The quantitative estimate of drug-likeness (QED) is 0.660. The van der Waals surface area contributed by atoms with Gasteiger partial charge in [0.2, 0.25) is 9.84 Å². The third-order valence-corrected chi connectivity index (χ3v) is 7.39. The molecule has 0 bridgehead atoms. The van der Waals surface area contributed by atoms with Crippen molar-refractivity contribution < 1.29 is 13.3 Å². The molecule has 30 heavy (non-hydrogen) atoms. The summed E-state index contributed by atoms with van der Waals surface area (Å²) in [6.45, 7) is 3.21. The molecule has 154 valence electrons. The van der Waals surface area contributed by atoms with Crippen LogP contribution in [-0.2, 0) is 9.84 Å². The Morgan fingerprint density at radius 2 is 1.77 bits per heavy atom. The molecule has 9 heteroatoms. The first-order valence-corrected chi connectivity index (χ1v) is 11.5. The molecule has 1 fully saturated rings. The molecule has 1 aliphatic heterocycles. The molecule has 1 N–H and O–H groups in total. The van der Waals surface area contributed by atoms with Crippen molar-refractivity contribution in [2.75, 3.05) is 38.1 Å². The Balaban J connectivity index is 1.89. The van der Waals surface area contributed by atoms with Crippen LogP contribution < -0.4 is 9.80 Å². The van der Waals surface area contributed by atoms with E-state index in [1.54, 1.807) is 18.2 Å². The van der Waals surface area contributed by atoms with Gasteiger partial charge >= 0.3 is 0 Å². The summed E-state index contributed by atoms with van der Waals surface area (Å²) < 4.78 is 26.7. The second-order valence-electron chi connectivity index (χ2n) is 7.38. The minimum Gasteiger partial charge on any atom is -0.344 e. The lowest BCUT2D eigenvalue weighted by Gasteiger charge is -2.32. The third-order valence-electron chi connectivity index (χ3n) is 5.30. The van der Waals surface area contributed by atoms with Crippen molar-refractivity contribution in [3.05, 3.63) is 59.2 Å². The van der Waals surface area contributed by atoms with Crippen LogP contribution in [0.1, 0.15) is 10.9 Å². The fourth-order valence-electron chi connectivity index (χ4n) is 3.57. The van der Waals surface area contributed by atoms with Crippen LogP contribution in [-0.4, -0.2) is 51.6 Å². The second-order valence-corrected chi connectivity index (χ2v) is 9.85. The number of hydrogen-bond donors (Lipinski definition) is 1. The number of rotatable bonds is 4. The van der Waals surface area contributed by atoms with Crippen LogP contribution in [0.3, 0.4) is 0 Å². The number of fused-ring (bicyclic) bond motifs is 1. The van der Waals surface area contributed by atoms with Gasteiger partial charge in [0.15, 0.2) is 11.1 Å². The molecular formula is C21H21ClN5O2S+. The highest BCUT2D eigenvalue weighted by Gasteiger charge is 2.35. The largest absolute Gasteiger partial charge is 0.344 e. The summed E-state index contributed by atoms with van der Waals surface area (Å²) in [5.41, 5.74) is 1.38. The molecule has 3 aromatic rings. The van der Waals surface area contributed by atoms with Crippen LogP contribution in [0.5, 0.6) is 0 Å². The van der Waals surface area contributed by atoms with Crippen LogP contribution >= 0.6 is 11.6 Å². The summed E-state index contributed by atoms with van der Waals surface area (Å²) in [6, 6.07) is 15.2. The number of likely N-dealkylation sites (N-methyl/N-ethyl adjacent to an activating group) is 1. The minimum absolute atomic E-state index is 0.00900. The molecule has 0 unspecified atom stereocenters. The molecule has 1 aliphatic rings. The van der Waals surface area contributed by atoms with Crippen molar-refractivity contribution in [3.63, 3.8) is 0 Å². The van der Waals surface area contributed by atoms with E-state index in [9.17, 15) is 13.7 Å². The number of anilines is 1. The average Bonchev–Trinajstić information content (AvgIpc) is 2.74. The van der Waals surface area contributed by atoms with E-state index in [0.29, 0.717) is 35.0 Å². The fourth-order valence-corrected chi connectivity index (χ4v) is 5.25. The highest BCUT2D eigenvalue weighted by Crippen LogP contribution is 2.34. The topological polar surface area (TPSA) is 91.4 Å². The number of benzene rings is 2. The van der Waals surface area contributed by atoms with Crippen LogP contribution in [0.2, 0.25) is 5.02 Å². The molecule has 7 nitrogen and oxygen atoms in total. The maximum absolute atomic E-state index is 13.4. The van der Waals surface area contributed by atoms with Gasteiger partial charge in [-0.05, 0) is 30.3 Å². The number of halogens is 1. The zero-order chi connectivity index (χ0) is 21.3. The summed E-state index contributed by atoms with van der Waals surface area (Å²) in [5.74, 6) is 0.457. The first-order valence-electron chi connectivity index (χ1n) is 9.62. The predicted molar refractivity (Wildman–Crippen MR) is 115 cm³/mol. The molecule has 1 saturated heterocycles. The second kappa shape index (κ2) is 8.19. The fraction of sp³-hybridized carbons (Fsp3) is 0.286. The molecule has 4 rings (SSSR count). The van der Waals surface area contributed by atoms with E-state index < -0.39 is 15.1 Å². The van der Waals surface area contributed by atoms with Gasteiger partial charge in [-0.15, -0.1) is 0 Å². The Labute approximate surface area is 180 Å². The predicted octanol–water partition coefficient (Wildman–Crippen LogP) is 1.66. The van der Waals surface area contributed by atoms with Gasteiger partial charge in [0.1, 0.15) is 5.69 Å². The van der Waals surface area contributed by atoms with Gasteiger partial charge in [0.25, 0.3) is 0 Å². The average molecular weight is 443 g/mol. The Hall–Kier alpha value is -2.73. The van der Waals surface area contributed by atoms with Crippen LogP contribution in [0.25, 0.3) is 11.0 Å². The molecular weight excluding hydrogens is 422 g/mol. The van der Waals surface area contributed by atoms with Gasteiger partial charge in [-0.1, -0.05) is 29.8 Å². The van der Waals surface area contributed by atoms with Gasteiger partial charge in [0, 0.05) is 5.02 Å². The lowest BCUT2D eigenvalue weighted by atomic mass is 10.2. The molecule has 1 atom stereocenters. The minimum atomic E-state index is -4.05. The third kappa shape index (κ3) is 3.84. The smallest absolute Gasteiger partial charge is 0.200 e. The van der Waals surface area contributed by atoms with Gasteiger partial charge < -0.3 is 9.80 Å². The number of piperazine rings is 1. The first-order chi connectivity index (χ1) is 14.4. The van der Waals surface area contributed by atoms with Gasteiger partial charge in [-0.25, -0.2) is 18.4 Å². The summed E-state index contributed by atoms with van der Waals surface area (Å²) in [7, 11) is -1.93. The number of hydrogen-bond acceptors (Lipinski definition) is 6. The number of aromatic nitrogens is 2. The van der Waals surface area contributed by atoms with Gasteiger partial charge in [-0.3, -0.25) is 0 Å². The van der Waals surface area contributed by atoms with Crippen molar-refractivity contribution in [2.45, 2.75) is 10.1 Å². The lowest BCUT2D eigenvalue weighted by molar-refractivity contribution is -0.880. The van der Waals surface area contributed by atoms with Crippen LogP contribution in [0, 0.1) is 11.3 Å². The van der Waals surface area contributed by atoms with E-state index in [2.05, 4.69) is 12.0 Å². The molecule has 0 amide bonds. The van der Waals surface area contributed by atoms with E-state index in [1.165, 1.54) is 17.0 Å². The van der Waals surface area contributed by atoms with Crippen molar-refractivity contribution in [2.24, 2.45) is 0 Å². The Kier molecular flexibility index (Phi) is 5.60. The number of sulfone groups is 1. The number of quaternary nitrogens is 1. The number of nitrogens with one attached hydrogen (secondary N) is 1. The van der Waals surface area contributed by atoms with Crippen LogP contribution in [0.4, 0.5) is 5.82 Å². The lowest BCUT2D eigenvalue weighted by Crippen LogP contribution is -3.12. The molecule has 0 radical (unpaired) electrons. The molecule has 0 saturated carbocycles. The zero-order valence-electron chi connectivity index (χ0n) is 16.4. The van der Waals surface area contributed by atoms with Gasteiger partial charge in [-0.2, -0.15) is 5.26 Å². The maximum atomic E-state index is 13.4. The molecule has 0 spiro atoms. The molecule has 0 aliphatic carbocycles. The van der Waals surface area contributed by atoms with E-state index >= 15 is 0 Å². The molecule has 2 aromatic carbocycles. The van der Waals surface area contributed by atoms with E-state index in [-0.39, 0.29) is 10.6 Å². The van der Waals surface area contributed by atoms with E-state index in [4.69, 9.17) is 16.6 Å². The number of nitrogens with zero attached hydrogens (tertiary/aromatic N) is 4. The monoisotopic (exact) mass is 442 g/mol. The zero-order valence-corrected chi connectivity index (χ0v) is 18.0. The van der Waals surface area contributed by atoms with Crippen molar-refractivity contribution >= 4 is 38.3 Å². The van der Waals surface area contributed by atoms with E-state index in [1.807, 2.05) is 29.2 Å². The standard InChI is InChI=1S/C21H20ClN5O2S/c1-26-9-11-27(12-10-26)21-20(24-17-7-2-3-8-18(17)25-21)19(14-23)30(28,29)16-6-4-5-15(22)13-16/h2-8,13,19H,9-12H2,1H3/p+1/t19-/m1/s1. The van der Waals surface area contributed by atoms with E-state index in [0.717, 1.165) is 13.1 Å². The summed E-state index contributed by atoms with van der Waals surface area (Å²) in [4.78, 5) is 12.8. The van der Waals surface area contributed by atoms with Crippen molar-refractivity contribution in [3.8, 4) is 6.07 Å². The highest BCUT2D eigenvalue weighted by molar-refractivity contribution is 7.92. The molecule has 1 aromatic heterocycles. The highest BCUT2D eigenvalue weighted by atomic mass is 35.5. The van der Waals surface area contributed by atoms with Crippen LogP contribution in [0.15, 0.2) is 53.4 Å². The molecule has 2 heterocycles. The summed E-state index contributed by atoms with van der Waals surface area (Å²) >= 11 is 6.00. The Morgan fingerprint density at radius 1 is 1.10 bits per heavy atom. The van der Waals surface area contributed by atoms with Crippen molar-refractivity contribution in [1.29, 1.82) is 5.26 Å². The maximum Gasteiger partial charge on any atom is 0.200 e. The SMILES string of the molecule is C[NH+]1CCN(c2nc3ccccc3nc2[C@@H](C#N)S(=O)(=O)c2cccc(Cl)c2)CC1. The summed E-state index contributed by atoms with van der Waals surface area (Å²) in [5, 5.41) is 8.73. The number of para-hydroxylation sites is 2. The Bertz CT molecular complexity index is 1230. The number of nitriles is 1. The summed E-state index contributed by atoms with van der Waals surface area (Å²) in [6.07, 6.45) is 0. The first kappa shape index (κ1) is 20.5.